The van der Waals surface area contributed by atoms with Crippen LogP contribution < -0.4 is 0 Å². The van der Waals surface area contributed by atoms with Gasteiger partial charge in [-0.25, -0.2) is 0 Å². The first-order valence-electron chi connectivity index (χ1n) is 6.91. The van der Waals surface area contributed by atoms with Gasteiger partial charge in [0.05, 0.1) is 6.04 Å². The summed E-state index contributed by atoms with van der Waals surface area (Å²) < 4.78 is 2.41. The number of nitrogens with zero attached hydrogens (tertiary/aromatic N) is 4. The lowest BCUT2D eigenvalue weighted by Gasteiger charge is -2.33. The Balaban J connectivity index is 1.94. The monoisotopic (exact) mass is 234 g/mol. The standard InChI is InChI=1S/C13H22N4/c1-10-6-5-8-12-14-15-13(17(10)12)11-7-3-4-9-16(11)2/h10-11H,3-9H2,1-2H3. The Morgan fingerprint density at radius 1 is 1.12 bits per heavy atom. The van der Waals surface area contributed by atoms with Gasteiger partial charge in [-0.15, -0.1) is 10.2 Å². The topological polar surface area (TPSA) is 34.0 Å². The smallest absolute Gasteiger partial charge is 0.150 e. The highest BCUT2D eigenvalue weighted by Gasteiger charge is 2.29. The van der Waals surface area contributed by atoms with Crippen LogP contribution in [0.1, 0.15) is 62.8 Å². The summed E-state index contributed by atoms with van der Waals surface area (Å²) in [4.78, 5) is 2.45. The summed E-state index contributed by atoms with van der Waals surface area (Å²) in [6.07, 6.45) is 7.53. The van der Waals surface area contributed by atoms with Crippen LogP contribution in [0.4, 0.5) is 0 Å². The molecule has 0 aliphatic carbocycles. The van der Waals surface area contributed by atoms with Gasteiger partial charge in [0.1, 0.15) is 5.82 Å². The highest BCUT2D eigenvalue weighted by atomic mass is 15.3. The van der Waals surface area contributed by atoms with E-state index < -0.39 is 0 Å². The lowest BCUT2D eigenvalue weighted by atomic mass is 10.0. The van der Waals surface area contributed by atoms with E-state index in [0.29, 0.717) is 12.1 Å². The molecule has 2 atom stereocenters. The number of aromatic nitrogens is 3. The Labute approximate surface area is 103 Å². The van der Waals surface area contributed by atoms with E-state index in [1.807, 2.05) is 0 Å². The largest absolute Gasteiger partial charge is 0.311 e. The Bertz CT molecular complexity index is 398. The van der Waals surface area contributed by atoms with Crippen LogP contribution in [0.15, 0.2) is 0 Å². The maximum atomic E-state index is 4.49. The van der Waals surface area contributed by atoms with Crippen molar-refractivity contribution in [2.75, 3.05) is 13.6 Å². The van der Waals surface area contributed by atoms with Gasteiger partial charge in [0.25, 0.3) is 0 Å². The van der Waals surface area contributed by atoms with Crippen LogP contribution in [0, 0.1) is 0 Å². The second kappa shape index (κ2) is 4.41. The van der Waals surface area contributed by atoms with Crippen LogP contribution in [-0.2, 0) is 6.42 Å². The van der Waals surface area contributed by atoms with Crippen LogP contribution in [0.2, 0.25) is 0 Å². The van der Waals surface area contributed by atoms with Crippen molar-refractivity contribution in [3.8, 4) is 0 Å². The fraction of sp³-hybridized carbons (Fsp3) is 0.846. The molecule has 3 rings (SSSR count). The van der Waals surface area contributed by atoms with Crippen molar-refractivity contribution in [1.29, 1.82) is 0 Å². The van der Waals surface area contributed by atoms with Gasteiger partial charge >= 0.3 is 0 Å². The second-order valence-corrected chi connectivity index (χ2v) is 5.58. The zero-order valence-electron chi connectivity index (χ0n) is 10.9. The summed E-state index contributed by atoms with van der Waals surface area (Å²) >= 11 is 0. The van der Waals surface area contributed by atoms with E-state index >= 15 is 0 Å². The minimum atomic E-state index is 0.491. The summed E-state index contributed by atoms with van der Waals surface area (Å²) in [7, 11) is 2.22. The van der Waals surface area contributed by atoms with Gasteiger partial charge in [0.2, 0.25) is 0 Å². The summed E-state index contributed by atoms with van der Waals surface area (Å²) in [6.45, 7) is 3.50. The van der Waals surface area contributed by atoms with Crippen LogP contribution in [0.5, 0.6) is 0 Å². The third kappa shape index (κ3) is 1.88. The predicted molar refractivity (Wildman–Crippen MR) is 66.9 cm³/mol. The van der Waals surface area contributed by atoms with Gasteiger partial charge in [-0.1, -0.05) is 6.42 Å². The Morgan fingerprint density at radius 3 is 2.82 bits per heavy atom. The molecule has 2 unspecified atom stereocenters. The van der Waals surface area contributed by atoms with E-state index in [1.165, 1.54) is 50.3 Å². The zero-order chi connectivity index (χ0) is 11.8. The van der Waals surface area contributed by atoms with Gasteiger partial charge in [-0.05, 0) is 46.2 Å². The molecule has 1 saturated heterocycles. The minimum absolute atomic E-state index is 0.491. The van der Waals surface area contributed by atoms with Gasteiger partial charge in [-0.2, -0.15) is 0 Å². The Kier molecular flexibility index (Phi) is 2.90. The fourth-order valence-corrected chi connectivity index (χ4v) is 3.30. The number of hydrogen-bond donors (Lipinski definition) is 0. The molecule has 1 fully saturated rings. The van der Waals surface area contributed by atoms with Crippen molar-refractivity contribution in [3.05, 3.63) is 11.6 Å². The first kappa shape index (κ1) is 11.2. The molecule has 0 aromatic carbocycles. The Morgan fingerprint density at radius 2 is 2.00 bits per heavy atom. The molecular weight excluding hydrogens is 212 g/mol. The van der Waals surface area contributed by atoms with Crippen molar-refractivity contribution in [2.45, 2.75) is 57.5 Å². The maximum absolute atomic E-state index is 4.49. The van der Waals surface area contributed by atoms with Crippen LogP contribution in [-0.4, -0.2) is 33.3 Å². The number of fused-ring (bicyclic) bond motifs is 1. The van der Waals surface area contributed by atoms with Crippen molar-refractivity contribution in [3.63, 3.8) is 0 Å². The zero-order valence-corrected chi connectivity index (χ0v) is 10.9. The summed E-state index contributed by atoms with van der Waals surface area (Å²) in [6, 6.07) is 1.07. The number of hydrogen-bond acceptors (Lipinski definition) is 3. The molecule has 0 amide bonds. The highest BCUT2D eigenvalue weighted by Crippen LogP contribution is 2.33. The van der Waals surface area contributed by atoms with Crippen molar-refractivity contribution in [1.82, 2.24) is 19.7 Å². The predicted octanol–water partition coefficient (Wildman–Crippen LogP) is 2.33. The normalized spacial score (nSPS) is 30.2. The first-order valence-corrected chi connectivity index (χ1v) is 6.91. The SMILES string of the molecule is CC1CCCc2nnc(C3CCCCN3C)n21. The summed E-state index contributed by atoms with van der Waals surface area (Å²) in [5.74, 6) is 2.42. The lowest BCUT2D eigenvalue weighted by molar-refractivity contribution is 0.171. The molecular formula is C13H22N4. The van der Waals surface area contributed by atoms with Crippen molar-refractivity contribution in [2.24, 2.45) is 0 Å². The molecule has 0 radical (unpaired) electrons. The maximum Gasteiger partial charge on any atom is 0.150 e. The first-order chi connectivity index (χ1) is 8.27. The van der Waals surface area contributed by atoms with Crippen molar-refractivity contribution < 1.29 is 0 Å². The van der Waals surface area contributed by atoms with Crippen LogP contribution in [0.3, 0.4) is 0 Å². The van der Waals surface area contributed by atoms with E-state index in [9.17, 15) is 0 Å². The number of piperidine rings is 1. The molecule has 2 aliphatic rings. The minimum Gasteiger partial charge on any atom is -0.311 e. The van der Waals surface area contributed by atoms with Crippen LogP contribution in [0.25, 0.3) is 0 Å². The van der Waals surface area contributed by atoms with E-state index in [4.69, 9.17) is 0 Å². The molecule has 0 spiro atoms. The highest BCUT2D eigenvalue weighted by molar-refractivity contribution is 5.06. The average Bonchev–Trinajstić information content (AvgIpc) is 2.75. The third-order valence-electron chi connectivity index (χ3n) is 4.32. The molecule has 0 N–H and O–H groups in total. The molecule has 17 heavy (non-hydrogen) atoms. The molecule has 2 aliphatic heterocycles. The molecule has 4 nitrogen and oxygen atoms in total. The third-order valence-corrected chi connectivity index (χ3v) is 4.32. The van der Waals surface area contributed by atoms with E-state index in [-0.39, 0.29) is 0 Å². The van der Waals surface area contributed by atoms with Gasteiger partial charge in [0.15, 0.2) is 5.82 Å². The average molecular weight is 234 g/mol. The van der Waals surface area contributed by atoms with E-state index in [2.05, 4.69) is 33.6 Å². The lowest BCUT2D eigenvalue weighted by Crippen LogP contribution is -2.32. The number of aryl methyl sites for hydroxylation is 1. The van der Waals surface area contributed by atoms with Crippen molar-refractivity contribution >= 4 is 0 Å². The molecule has 1 aromatic heterocycles. The van der Waals surface area contributed by atoms with Crippen LogP contribution >= 0.6 is 0 Å². The summed E-state index contributed by atoms with van der Waals surface area (Å²) in [5.41, 5.74) is 0. The van der Waals surface area contributed by atoms with Gasteiger partial charge in [0, 0.05) is 12.5 Å². The van der Waals surface area contributed by atoms with E-state index in [0.717, 1.165) is 6.42 Å². The second-order valence-electron chi connectivity index (χ2n) is 5.58. The molecule has 3 heterocycles. The summed E-state index contributed by atoms with van der Waals surface area (Å²) in [5, 5.41) is 8.90. The molecule has 94 valence electrons. The molecule has 4 heteroatoms. The fourth-order valence-electron chi connectivity index (χ4n) is 3.30. The quantitative estimate of drug-likeness (QED) is 0.748. The van der Waals surface area contributed by atoms with Gasteiger partial charge < -0.3 is 4.57 Å². The van der Waals surface area contributed by atoms with Gasteiger partial charge in [-0.3, -0.25) is 4.90 Å². The Hall–Kier alpha value is -0.900. The number of likely N-dealkylation sites (tertiary alicyclic amines) is 1. The number of rotatable bonds is 1. The molecule has 0 bridgehead atoms. The molecule has 1 aromatic rings. The molecule has 0 saturated carbocycles. The van der Waals surface area contributed by atoms with E-state index in [1.54, 1.807) is 0 Å².